The molecule has 0 aliphatic rings. The number of rotatable bonds is 4. The molecule has 2 heterocycles. The van der Waals surface area contributed by atoms with Crippen molar-refractivity contribution in [3.05, 3.63) is 27.2 Å². The first-order valence-electron chi connectivity index (χ1n) is 6.19. The van der Waals surface area contributed by atoms with Crippen LogP contribution < -0.4 is 5.32 Å². The van der Waals surface area contributed by atoms with Crippen molar-refractivity contribution in [2.75, 3.05) is 11.9 Å². The van der Waals surface area contributed by atoms with Crippen LogP contribution in [0.4, 0.5) is 5.82 Å². The summed E-state index contributed by atoms with van der Waals surface area (Å²) in [5.41, 5.74) is 1.96. The normalized spacial score (nSPS) is 10.5. The van der Waals surface area contributed by atoms with Crippen molar-refractivity contribution in [2.24, 2.45) is 0 Å². The Kier molecular flexibility index (Phi) is 4.62. The maximum absolute atomic E-state index is 4.52. The molecule has 1 N–H and O–H groups in total. The highest BCUT2D eigenvalue weighted by Crippen LogP contribution is 2.21. The van der Waals surface area contributed by atoms with Gasteiger partial charge in [-0.25, -0.2) is 19.9 Å². The van der Waals surface area contributed by atoms with Crippen LogP contribution in [0.25, 0.3) is 11.6 Å². The largest absolute Gasteiger partial charge is 0.369 e. The fourth-order valence-electron chi connectivity index (χ4n) is 1.53. The quantitative estimate of drug-likeness (QED) is 0.840. The van der Waals surface area contributed by atoms with Crippen molar-refractivity contribution in [1.82, 2.24) is 19.9 Å². The van der Waals surface area contributed by atoms with Crippen molar-refractivity contribution in [3.8, 4) is 11.6 Å². The molecule has 2 rings (SSSR count). The zero-order chi connectivity index (χ0) is 13.8. The predicted octanol–water partition coefficient (Wildman–Crippen LogP) is 2.98. The second kappa shape index (κ2) is 6.23. The maximum Gasteiger partial charge on any atom is 0.199 e. The molecule has 0 aliphatic carbocycles. The monoisotopic (exact) mass is 369 g/mol. The van der Waals surface area contributed by atoms with Gasteiger partial charge in [0.1, 0.15) is 5.82 Å². The number of aryl methyl sites for hydroxylation is 2. The van der Waals surface area contributed by atoms with E-state index in [-0.39, 0.29) is 0 Å². The summed E-state index contributed by atoms with van der Waals surface area (Å²) in [6.45, 7) is 6.94. The van der Waals surface area contributed by atoms with Gasteiger partial charge in [0, 0.05) is 18.9 Å². The van der Waals surface area contributed by atoms with Gasteiger partial charge in [-0.2, -0.15) is 0 Å². The fourth-order valence-corrected chi connectivity index (χ4v) is 1.96. The number of hydrogen-bond donors (Lipinski definition) is 1. The standard InChI is InChI=1S/C13H16IN5/c1-4-5-15-11-10(14)9(3)18-13(19-11)12-16-6-8(2)7-17-12/h6-7H,4-5H2,1-3H3,(H,15,18,19). The molecule has 0 saturated heterocycles. The van der Waals surface area contributed by atoms with E-state index in [4.69, 9.17) is 0 Å². The van der Waals surface area contributed by atoms with Gasteiger partial charge < -0.3 is 5.32 Å². The number of nitrogens with one attached hydrogen (secondary N) is 1. The summed E-state index contributed by atoms with van der Waals surface area (Å²) in [5.74, 6) is 1.98. The van der Waals surface area contributed by atoms with E-state index in [0.717, 1.165) is 33.6 Å². The summed E-state index contributed by atoms with van der Waals surface area (Å²) < 4.78 is 1.04. The van der Waals surface area contributed by atoms with Gasteiger partial charge in [-0.1, -0.05) is 6.92 Å². The van der Waals surface area contributed by atoms with Crippen LogP contribution in [-0.2, 0) is 0 Å². The highest BCUT2D eigenvalue weighted by atomic mass is 127. The minimum Gasteiger partial charge on any atom is -0.369 e. The summed E-state index contributed by atoms with van der Waals surface area (Å²) in [6.07, 6.45) is 4.60. The van der Waals surface area contributed by atoms with E-state index in [9.17, 15) is 0 Å². The van der Waals surface area contributed by atoms with Crippen LogP contribution in [0.1, 0.15) is 24.6 Å². The molecule has 0 spiro atoms. The number of nitrogens with zero attached hydrogens (tertiary/aromatic N) is 4. The Balaban J connectivity index is 2.40. The average molecular weight is 369 g/mol. The second-order valence-corrected chi connectivity index (χ2v) is 5.38. The number of aromatic nitrogens is 4. The number of hydrogen-bond acceptors (Lipinski definition) is 5. The van der Waals surface area contributed by atoms with Gasteiger partial charge in [-0.15, -0.1) is 0 Å². The van der Waals surface area contributed by atoms with Crippen molar-refractivity contribution >= 4 is 28.4 Å². The molecule has 100 valence electrons. The lowest BCUT2D eigenvalue weighted by molar-refractivity contribution is 0.952. The summed E-state index contributed by atoms with van der Waals surface area (Å²) in [5, 5.41) is 3.31. The number of anilines is 1. The summed E-state index contributed by atoms with van der Waals surface area (Å²) in [4.78, 5) is 17.5. The summed E-state index contributed by atoms with van der Waals surface area (Å²) in [7, 11) is 0. The van der Waals surface area contributed by atoms with Crippen molar-refractivity contribution in [3.63, 3.8) is 0 Å². The summed E-state index contributed by atoms with van der Waals surface area (Å²) in [6, 6.07) is 0. The van der Waals surface area contributed by atoms with Crippen LogP contribution in [0.15, 0.2) is 12.4 Å². The first-order chi connectivity index (χ1) is 9.11. The molecule has 2 aromatic rings. The Morgan fingerprint density at radius 3 is 2.42 bits per heavy atom. The Bertz CT molecular complexity index is 568. The molecule has 0 atom stereocenters. The molecule has 0 bridgehead atoms. The van der Waals surface area contributed by atoms with Gasteiger partial charge >= 0.3 is 0 Å². The van der Waals surface area contributed by atoms with Crippen molar-refractivity contribution in [1.29, 1.82) is 0 Å². The van der Waals surface area contributed by atoms with E-state index in [1.54, 1.807) is 12.4 Å². The first-order valence-corrected chi connectivity index (χ1v) is 7.26. The minimum absolute atomic E-state index is 0.560. The molecule has 0 radical (unpaired) electrons. The van der Waals surface area contributed by atoms with Crippen LogP contribution in [0.5, 0.6) is 0 Å². The Morgan fingerprint density at radius 1 is 1.11 bits per heavy atom. The smallest absolute Gasteiger partial charge is 0.199 e. The van der Waals surface area contributed by atoms with Gasteiger partial charge in [0.15, 0.2) is 11.6 Å². The SMILES string of the molecule is CCCNc1nc(-c2ncc(C)cn2)nc(C)c1I. The van der Waals surface area contributed by atoms with E-state index in [0.29, 0.717) is 11.6 Å². The zero-order valence-corrected chi connectivity index (χ0v) is 13.4. The first kappa shape index (κ1) is 14.1. The molecule has 19 heavy (non-hydrogen) atoms. The molecule has 0 unspecified atom stereocenters. The average Bonchev–Trinajstić information content (AvgIpc) is 2.41. The van der Waals surface area contributed by atoms with E-state index in [1.165, 1.54) is 0 Å². The van der Waals surface area contributed by atoms with Crippen LogP contribution in [0.2, 0.25) is 0 Å². The number of halogens is 1. The van der Waals surface area contributed by atoms with E-state index in [1.807, 2.05) is 13.8 Å². The van der Waals surface area contributed by atoms with Crippen LogP contribution in [0.3, 0.4) is 0 Å². The highest BCUT2D eigenvalue weighted by molar-refractivity contribution is 14.1. The third-order valence-electron chi connectivity index (χ3n) is 2.54. The topological polar surface area (TPSA) is 63.6 Å². The van der Waals surface area contributed by atoms with E-state index >= 15 is 0 Å². The molecule has 0 aromatic carbocycles. The zero-order valence-electron chi connectivity index (χ0n) is 11.2. The van der Waals surface area contributed by atoms with Gasteiger partial charge in [0.05, 0.1) is 9.26 Å². The fraction of sp³-hybridized carbons (Fsp3) is 0.385. The van der Waals surface area contributed by atoms with Crippen LogP contribution in [0, 0.1) is 17.4 Å². The van der Waals surface area contributed by atoms with Gasteiger partial charge in [-0.05, 0) is 48.4 Å². The lowest BCUT2D eigenvalue weighted by Gasteiger charge is -2.10. The van der Waals surface area contributed by atoms with Crippen LogP contribution in [-0.4, -0.2) is 26.5 Å². The van der Waals surface area contributed by atoms with Crippen LogP contribution >= 0.6 is 22.6 Å². The summed E-state index contributed by atoms with van der Waals surface area (Å²) >= 11 is 2.26. The molecule has 5 nitrogen and oxygen atoms in total. The molecule has 2 aromatic heterocycles. The maximum atomic E-state index is 4.52. The van der Waals surface area contributed by atoms with Crippen molar-refractivity contribution in [2.45, 2.75) is 27.2 Å². The van der Waals surface area contributed by atoms with E-state index < -0.39 is 0 Å². The molecule has 0 aliphatic heterocycles. The molecule has 0 amide bonds. The van der Waals surface area contributed by atoms with E-state index in [2.05, 4.69) is 54.8 Å². The molecule has 0 fully saturated rings. The third-order valence-corrected chi connectivity index (χ3v) is 3.83. The molecule has 6 heteroatoms. The molecular formula is C13H16IN5. The van der Waals surface area contributed by atoms with Gasteiger partial charge in [0.2, 0.25) is 0 Å². The Labute approximate surface area is 126 Å². The Morgan fingerprint density at radius 2 is 1.79 bits per heavy atom. The van der Waals surface area contributed by atoms with Gasteiger partial charge in [-0.3, -0.25) is 0 Å². The lowest BCUT2D eigenvalue weighted by Crippen LogP contribution is -2.08. The Hall–Kier alpha value is -1.31. The van der Waals surface area contributed by atoms with Crippen molar-refractivity contribution < 1.29 is 0 Å². The lowest BCUT2D eigenvalue weighted by atomic mass is 10.3. The third kappa shape index (κ3) is 3.37. The molecular weight excluding hydrogens is 353 g/mol. The second-order valence-electron chi connectivity index (χ2n) is 4.31. The molecule has 0 saturated carbocycles. The highest BCUT2D eigenvalue weighted by Gasteiger charge is 2.12. The minimum atomic E-state index is 0.560. The predicted molar refractivity (Wildman–Crippen MR) is 84.0 cm³/mol. The van der Waals surface area contributed by atoms with Gasteiger partial charge in [0.25, 0.3) is 0 Å².